The Labute approximate surface area is 129 Å². The molecule has 0 spiro atoms. The predicted octanol–water partition coefficient (Wildman–Crippen LogP) is 1.59. The fraction of sp³-hybridized carbons (Fsp3) is 0.467. The number of nitrogens with two attached hydrogens (primary N) is 1. The largest absolute Gasteiger partial charge is 0.369 e. The zero-order chi connectivity index (χ0) is 15.1. The van der Waals surface area contributed by atoms with E-state index < -0.39 is 0 Å². The number of piperidine rings is 1. The van der Waals surface area contributed by atoms with E-state index in [0.29, 0.717) is 12.3 Å². The molecule has 0 radical (unpaired) electrons. The smallest absolute Gasteiger partial charge is 0.227 e. The Hall–Kier alpha value is -1.53. The first-order chi connectivity index (χ1) is 10.1. The summed E-state index contributed by atoms with van der Waals surface area (Å²) in [5.74, 6) is 0.336. The maximum absolute atomic E-state index is 12.1. The summed E-state index contributed by atoms with van der Waals surface area (Å²) in [5, 5.41) is 6.24. The summed E-state index contributed by atoms with van der Waals surface area (Å²) < 4.78 is 0. The van der Waals surface area contributed by atoms with E-state index in [9.17, 15) is 9.59 Å². The third kappa shape index (κ3) is 5.40. The lowest BCUT2D eigenvalue weighted by Crippen LogP contribution is -2.30. The summed E-state index contributed by atoms with van der Waals surface area (Å²) in [5.41, 5.74) is 5.91. The average Bonchev–Trinajstić information content (AvgIpc) is 2.47. The van der Waals surface area contributed by atoms with Crippen molar-refractivity contribution in [2.75, 3.05) is 24.2 Å². The molecule has 4 N–H and O–H groups in total. The van der Waals surface area contributed by atoms with Gasteiger partial charge >= 0.3 is 0 Å². The molecule has 2 rings (SSSR count). The Balaban J connectivity index is 1.91. The number of carbonyl (C=O) groups excluding carboxylic acids is 2. The molecule has 6 heteroatoms. The number of para-hydroxylation sites is 1. The van der Waals surface area contributed by atoms with Crippen LogP contribution in [0.2, 0.25) is 0 Å². The molecular weight excluding hydrogens is 286 g/mol. The lowest BCUT2D eigenvalue weighted by atomic mass is 9.94. The summed E-state index contributed by atoms with van der Waals surface area (Å²) >= 11 is 1.34. The van der Waals surface area contributed by atoms with E-state index in [-0.39, 0.29) is 17.6 Å². The first kappa shape index (κ1) is 15.9. The van der Waals surface area contributed by atoms with Crippen LogP contribution in [0.15, 0.2) is 29.2 Å². The number of hydrogen-bond acceptors (Lipinski definition) is 4. The Morgan fingerprint density at radius 2 is 2.00 bits per heavy atom. The third-order valence-corrected chi connectivity index (χ3v) is 4.56. The van der Waals surface area contributed by atoms with Gasteiger partial charge in [-0.05, 0) is 44.0 Å². The first-order valence-electron chi connectivity index (χ1n) is 7.16. The highest BCUT2D eigenvalue weighted by atomic mass is 32.2. The normalized spacial score (nSPS) is 15.6. The van der Waals surface area contributed by atoms with Crippen LogP contribution in [-0.2, 0) is 9.59 Å². The fourth-order valence-corrected chi connectivity index (χ4v) is 3.14. The van der Waals surface area contributed by atoms with Gasteiger partial charge in [-0.3, -0.25) is 9.59 Å². The van der Waals surface area contributed by atoms with Gasteiger partial charge in [0.05, 0.1) is 11.4 Å². The molecule has 2 amide bonds. The molecule has 0 unspecified atom stereocenters. The van der Waals surface area contributed by atoms with Gasteiger partial charge in [-0.1, -0.05) is 12.1 Å². The molecule has 1 aliphatic rings. The average molecular weight is 307 g/mol. The number of thioether (sulfide) groups is 1. The van der Waals surface area contributed by atoms with Crippen molar-refractivity contribution in [1.82, 2.24) is 5.32 Å². The fourth-order valence-electron chi connectivity index (χ4n) is 2.39. The van der Waals surface area contributed by atoms with Gasteiger partial charge < -0.3 is 16.4 Å². The molecule has 0 aliphatic carbocycles. The van der Waals surface area contributed by atoms with Crippen LogP contribution in [-0.4, -0.2) is 30.7 Å². The SMILES string of the molecule is NC(=O)CSc1ccccc1NC(=O)CC1CCNCC1. The molecule has 21 heavy (non-hydrogen) atoms. The van der Waals surface area contributed by atoms with Crippen molar-refractivity contribution in [2.24, 2.45) is 11.7 Å². The van der Waals surface area contributed by atoms with Crippen LogP contribution in [0.4, 0.5) is 5.69 Å². The van der Waals surface area contributed by atoms with Gasteiger partial charge in [0.25, 0.3) is 0 Å². The maximum atomic E-state index is 12.1. The molecule has 114 valence electrons. The zero-order valence-corrected chi connectivity index (χ0v) is 12.7. The second-order valence-corrected chi connectivity index (χ2v) is 6.21. The molecule has 1 heterocycles. The Bertz CT molecular complexity index is 501. The van der Waals surface area contributed by atoms with Gasteiger partial charge in [0.2, 0.25) is 11.8 Å². The summed E-state index contributed by atoms with van der Waals surface area (Å²) in [7, 11) is 0. The molecule has 1 saturated heterocycles. The number of hydrogen-bond donors (Lipinski definition) is 3. The van der Waals surface area contributed by atoms with E-state index in [1.54, 1.807) is 0 Å². The van der Waals surface area contributed by atoms with Gasteiger partial charge in [-0.25, -0.2) is 0 Å². The highest BCUT2D eigenvalue weighted by molar-refractivity contribution is 8.00. The van der Waals surface area contributed by atoms with Gasteiger partial charge in [0.1, 0.15) is 0 Å². The third-order valence-electron chi connectivity index (χ3n) is 3.46. The van der Waals surface area contributed by atoms with Gasteiger partial charge in [0.15, 0.2) is 0 Å². The number of amides is 2. The van der Waals surface area contributed by atoms with Gasteiger partial charge in [-0.15, -0.1) is 11.8 Å². The molecule has 1 fully saturated rings. The van der Waals surface area contributed by atoms with Crippen LogP contribution in [0.3, 0.4) is 0 Å². The van der Waals surface area contributed by atoms with Crippen molar-refractivity contribution in [3.05, 3.63) is 24.3 Å². The minimum Gasteiger partial charge on any atom is -0.369 e. The molecule has 0 aromatic heterocycles. The van der Waals surface area contributed by atoms with E-state index in [2.05, 4.69) is 10.6 Å². The topological polar surface area (TPSA) is 84.2 Å². The minimum atomic E-state index is -0.365. The second-order valence-electron chi connectivity index (χ2n) is 5.20. The van der Waals surface area contributed by atoms with E-state index in [1.807, 2.05) is 24.3 Å². The van der Waals surface area contributed by atoms with Crippen LogP contribution in [0.5, 0.6) is 0 Å². The molecule has 0 atom stereocenters. The highest BCUT2D eigenvalue weighted by Gasteiger charge is 2.17. The maximum Gasteiger partial charge on any atom is 0.227 e. The van der Waals surface area contributed by atoms with Crippen molar-refractivity contribution in [2.45, 2.75) is 24.2 Å². The molecule has 1 aliphatic heterocycles. The molecule has 1 aromatic carbocycles. The monoisotopic (exact) mass is 307 g/mol. The Morgan fingerprint density at radius 1 is 1.29 bits per heavy atom. The number of rotatable bonds is 6. The standard InChI is InChI=1S/C15H21N3O2S/c16-14(19)10-21-13-4-2-1-3-12(13)18-15(20)9-11-5-7-17-8-6-11/h1-4,11,17H,5-10H2,(H2,16,19)(H,18,20). The Morgan fingerprint density at radius 3 is 2.71 bits per heavy atom. The summed E-state index contributed by atoms with van der Waals surface area (Å²) in [6, 6.07) is 7.48. The number of anilines is 1. The van der Waals surface area contributed by atoms with Crippen molar-refractivity contribution >= 4 is 29.3 Å². The minimum absolute atomic E-state index is 0.0361. The van der Waals surface area contributed by atoms with Gasteiger partial charge in [0, 0.05) is 11.3 Å². The van der Waals surface area contributed by atoms with E-state index in [0.717, 1.165) is 36.5 Å². The quantitative estimate of drug-likeness (QED) is 0.697. The van der Waals surface area contributed by atoms with Crippen molar-refractivity contribution in [3.8, 4) is 0 Å². The summed E-state index contributed by atoms with van der Waals surface area (Å²) in [6.07, 6.45) is 2.65. The van der Waals surface area contributed by atoms with E-state index in [4.69, 9.17) is 5.73 Å². The lowest BCUT2D eigenvalue weighted by molar-refractivity contribution is -0.117. The Kier molecular flexibility index (Phi) is 6.07. The van der Waals surface area contributed by atoms with Crippen molar-refractivity contribution < 1.29 is 9.59 Å². The van der Waals surface area contributed by atoms with Crippen molar-refractivity contribution in [1.29, 1.82) is 0 Å². The van der Waals surface area contributed by atoms with Crippen LogP contribution < -0.4 is 16.4 Å². The van der Waals surface area contributed by atoms with Gasteiger partial charge in [-0.2, -0.15) is 0 Å². The van der Waals surface area contributed by atoms with E-state index in [1.165, 1.54) is 11.8 Å². The summed E-state index contributed by atoms with van der Waals surface area (Å²) in [4.78, 5) is 23.9. The number of primary amides is 1. The van der Waals surface area contributed by atoms with E-state index >= 15 is 0 Å². The highest BCUT2D eigenvalue weighted by Crippen LogP contribution is 2.27. The molecule has 1 aromatic rings. The first-order valence-corrected chi connectivity index (χ1v) is 8.14. The second kappa shape index (κ2) is 8.05. The lowest BCUT2D eigenvalue weighted by Gasteiger charge is -2.22. The van der Waals surface area contributed by atoms with Crippen LogP contribution in [0.25, 0.3) is 0 Å². The number of carbonyl (C=O) groups is 2. The van der Waals surface area contributed by atoms with Crippen LogP contribution >= 0.6 is 11.8 Å². The number of benzene rings is 1. The molecular formula is C15H21N3O2S. The van der Waals surface area contributed by atoms with Crippen molar-refractivity contribution in [3.63, 3.8) is 0 Å². The summed E-state index contributed by atoms with van der Waals surface area (Å²) in [6.45, 7) is 1.98. The van der Waals surface area contributed by atoms with Crippen LogP contribution in [0, 0.1) is 5.92 Å². The van der Waals surface area contributed by atoms with Crippen LogP contribution in [0.1, 0.15) is 19.3 Å². The molecule has 0 saturated carbocycles. The zero-order valence-electron chi connectivity index (χ0n) is 11.9. The molecule has 0 bridgehead atoms. The predicted molar refractivity (Wildman–Crippen MR) is 85.2 cm³/mol. The molecule has 5 nitrogen and oxygen atoms in total. The number of nitrogens with one attached hydrogen (secondary N) is 2.